The molecule has 0 aromatic rings. The maximum atomic E-state index is 12.2. The number of likely N-dealkylation sites (tertiary alicyclic amines) is 1. The molecule has 0 saturated carbocycles. The predicted octanol–water partition coefficient (Wildman–Crippen LogP) is 2.65. The summed E-state index contributed by atoms with van der Waals surface area (Å²) in [4.78, 5) is 2.27. The molecule has 17 heavy (non-hydrogen) atoms. The molecule has 1 aliphatic heterocycles. The summed E-state index contributed by atoms with van der Waals surface area (Å²) in [6.45, 7) is 5.70. The molecule has 0 spiro atoms. The zero-order chi connectivity index (χ0) is 13.1. The highest BCUT2D eigenvalue weighted by molar-refractivity contribution is 4.80. The van der Waals surface area contributed by atoms with Crippen LogP contribution in [0.4, 0.5) is 13.2 Å². The van der Waals surface area contributed by atoms with Gasteiger partial charge in [-0.3, -0.25) is 0 Å². The summed E-state index contributed by atoms with van der Waals surface area (Å²) in [6.07, 6.45) is -2.67. The Bertz CT molecular complexity index is 222. The molecule has 1 saturated heterocycles. The number of hydrogen-bond acceptors (Lipinski definition) is 2. The van der Waals surface area contributed by atoms with E-state index in [4.69, 9.17) is 0 Å². The van der Waals surface area contributed by atoms with Crippen molar-refractivity contribution in [1.82, 2.24) is 10.2 Å². The minimum absolute atomic E-state index is 0.168. The van der Waals surface area contributed by atoms with Crippen molar-refractivity contribution in [3.8, 4) is 0 Å². The number of halogens is 3. The smallest absolute Gasteiger partial charge is 0.311 e. The van der Waals surface area contributed by atoms with Gasteiger partial charge in [0.1, 0.15) is 0 Å². The third-order valence-electron chi connectivity index (χ3n) is 3.56. The van der Waals surface area contributed by atoms with E-state index in [0.29, 0.717) is 5.92 Å². The van der Waals surface area contributed by atoms with Crippen LogP contribution in [-0.2, 0) is 0 Å². The highest BCUT2D eigenvalue weighted by atomic mass is 19.4. The van der Waals surface area contributed by atoms with E-state index in [1.165, 1.54) is 0 Å². The van der Waals surface area contributed by atoms with Crippen LogP contribution in [0.3, 0.4) is 0 Å². The lowest BCUT2D eigenvalue weighted by atomic mass is 9.90. The Morgan fingerprint density at radius 3 is 2.24 bits per heavy atom. The minimum Gasteiger partial charge on any atom is -0.311 e. The normalized spacial score (nSPS) is 23.6. The summed E-state index contributed by atoms with van der Waals surface area (Å²) in [5, 5.41) is 3.08. The maximum absolute atomic E-state index is 12.2. The average molecular weight is 252 g/mol. The topological polar surface area (TPSA) is 15.3 Å². The van der Waals surface area contributed by atoms with Crippen LogP contribution in [0.5, 0.6) is 0 Å². The van der Waals surface area contributed by atoms with Crippen molar-refractivity contribution in [2.75, 3.05) is 20.1 Å². The van der Waals surface area contributed by atoms with E-state index >= 15 is 0 Å². The van der Waals surface area contributed by atoms with E-state index in [0.717, 1.165) is 25.9 Å². The first-order valence-corrected chi connectivity index (χ1v) is 6.29. The lowest BCUT2D eigenvalue weighted by Gasteiger charge is -2.34. The lowest BCUT2D eigenvalue weighted by Crippen LogP contribution is -2.45. The number of piperidine rings is 1. The Labute approximate surface area is 102 Å². The van der Waals surface area contributed by atoms with Gasteiger partial charge in [0.2, 0.25) is 0 Å². The Morgan fingerprint density at radius 2 is 1.76 bits per heavy atom. The van der Waals surface area contributed by atoms with Crippen LogP contribution < -0.4 is 5.32 Å². The summed E-state index contributed by atoms with van der Waals surface area (Å²) < 4.78 is 36.6. The van der Waals surface area contributed by atoms with Crippen molar-refractivity contribution in [1.29, 1.82) is 0 Å². The fourth-order valence-electron chi connectivity index (χ4n) is 2.52. The molecule has 1 heterocycles. The molecule has 0 amide bonds. The fourth-order valence-corrected chi connectivity index (χ4v) is 2.52. The molecule has 2 atom stereocenters. The standard InChI is InChI=1S/C12H23F3N2/c1-9(8-12(13,14)15)16-10(2)11-4-6-17(3)7-5-11/h9-11,16H,4-8H2,1-3H3. The van der Waals surface area contributed by atoms with Gasteiger partial charge in [0.15, 0.2) is 0 Å². The molecule has 2 unspecified atom stereocenters. The number of nitrogens with zero attached hydrogens (tertiary/aromatic N) is 1. The van der Waals surface area contributed by atoms with Crippen molar-refractivity contribution in [3.63, 3.8) is 0 Å². The Morgan fingerprint density at radius 1 is 1.24 bits per heavy atom. The van der Waals surface area contributed by atoms with Gasteiger partial charge in [-0.2, -0.15) is 13.2 Å². The molecule has 1 aliphatic rings. The van der Waals surface area contributed by atoms with E-state index in [9.17, 15) is 13.2 Å². The lowest BCUT2D eigenvalue weighted by molar-refractivity contribution is -0.139. The summed E-state index contributed by atoms with van der Waals surface area (Å²) in [5.74, 6) is 0.502. The third kappa shape index (κ3) is 5.73. The number of hydrogen-bond donors (Lipinski definition) is 1. The van der Waals surface area contributed by atoms with Gasteiger partial charge in [-0.1, -0.05) is 0 Å². The first-order chi connectivity index (χ1) is 7.78. The quantitative estimate of drug-likeness (QED) is 0.827. The molecule has 2 nitrogen and oxygen atoms in total. The van der Waals surface area contributed by atoms with Crippen LogP contribution in [0.1, 0.15) is 33.1 Å². The van der Waals surface area contributed by atoms with Crippen LogP contribution in [0.25, 0.3) is 0 Å². The third-order valence-corrected chi connectivity index (χ3v) is 3.56. The van der Waals surface area contributed by atoms with Gasteiger partial charge < -0.3 is 10.2 Å². The predicted molar refractivity (Wildman–Crippen MR) is 63.0 cm³/mol. The highest BCUT2D eigenvalue weighted by Gasteiger charge is 2.31. The van der Waals surface area contributed by atoms with Gasteiger partial charge in [0, 0.05) is 12.1 Å². The van der Waals surface area contributed by atoms with Crippen LogP contribution in [0.2, 0.25) is 0 Å². The van der Waals surface area contributed by atoms with E-state index in [2.05, 4.69) is 17.3 Å². The molecular weight excluding hydrogens is 229 g/mol. The average Bonchev–Trinajstić information content (AvgIpc) is 2.15. The fraction of sp³-hybridized carbons (Fsp3) is 1.00. The van der Waals surface area contributed by atoms with Gasteiger partial charge in [-0.25, -0.2) is 0 Å². The summed E-state index contributed by atoms with van der Waals surface area (Å²) >= 11 is 0. The maximum Gasteiger partial charge on any atom is 0.390 e. The molecule has 1 rings (SSSR count). The molecule has 102 valence electrons. The molecule has 1 N–H and O–H groups in total. The molecule has 1 fully saturated rings. The van der Waals surface area contributed by atoms with Crippen molar-refractivity contribution in [3.05, 3.63) is 0 Å². The summed E-state index contributed by atoms with van der Waals surface area (Å²) in [6, 6.07) is -0.328. The van der Waals surface area contributed by atoms with Crippen LogP contribution >= 0.6 is 0 Å². The second-order valence-electron chi connectivity index (χ2n) is 5.32. The van der Waals surface area contributed by atoms with Gasteiger partial charge in [-0.05, 0) is 52.7 Å². The van der Waals surface area contributed by atoms with Crippen molar-refractivity contribution in [2.24, 2.45) is 5.92 Å². The van der Waals surface area contributed by atoms with E-state index in [1.54, 1.807) is 6.92 Å². The molecule has 5 heteroatoms. The Kier molecular flexibility index (Phi) is 5.25. The van der Waals surface area contributed by atoms with Crippen LogP contribution in [-0.4, -0.2) is 43.3 Å². The Hall–Kier alpha value is -0.290. The van der Waals surface area contributed by atoms with Gasteiger partial charge in [-0.15, -0.1) is 0 Å². The second-order valence-corrected chi connectivity index (χ2v) is 5.32. The molecule has 0 aliphatic carbocycles. The molecule has 0 bridgehead atoms. The minimum atomic E-state index is -4.07. The SMILES string of the molecule is CC(CC(F)(F)F)NC(C)C1CCN(C)CC1. The van der Waals surface area contributed by atoms with Gasteiger partial charge >= 0.3 is 6.18 Å². The van der Waals surface area contributed by atoms with Gasteiger partial charge in [0.05, 0.1) is 6.42 Å². The van der Waals surface area contributed by atoms with Crippen LogP contribution in [0, 0.1) is 5.92 Å². The zero-order valence-electron chi connectivity index (χ0n) is 10.8. The van der Waals surface area contributed by atoms with Crippen molar-refractivity contribution in [2.45, 2.75) is 51.4 Å². The van der Waals surface area contributed by atoms with Crippen molar-refractivity contribution >= 4 is 0 Å². The molecule has 0 aromatic carbocycles. The summed E-state index contributed by atoms with van der Waals surface area (Å²) in [7, 11) is 2.08. The highest BCUT2D eigenvalue weighted by Crippen LogP contribution is 2.24. The molecular formula is C12H23F3N2. The summed E-state index contributed by atoms with van der Waals surface area (Å²) in [5.41, 5.74) is 0. The number of rotatable bonds is 4. The van der Waals surface area contributed by atoms with Crippen molar-refractivity contribution < 1.29 is 13.2 Å². The first kappa shape index (κ1) is 14.8. The number of nitrogens with one attached hydrogen (secondary N) is 1. The molecule has 0 aromatic heterocycles. The molecule has 0 radical (unpaired) electrons. The van der Waals surface area contributed by atoms with Crippen LogP contribution in [0.15, 0.2) is 0 Å². The van der Waals surface area contributed by atoms with E-state index in [-0.39, 0.29) is 6.04 Å². The number of alkyl halides is 3. The monoisotopic (exact) mass is 252 g/mol. The zero-order valence-corrected chi connectivity index (χ0v) is 10.8. The van der Waals surface area contributed by atoms with Gasteiger partial charge in [0.25, 0.3) is 0 Å². The van der Waals surface area contributed by atoms with E-state index in [1.807, 2.05) is 6.92 Å². The first-order valence-electron chi connectivity index (χ1n) is 6.29. The largest absolute Gasteiger partial charge is 0.390 e. The second kappa shape index (κ2) is 6.05. The van der Waals surface area contributed by atoms with E-state index < -0.39 is 18.6 Å². The Balaban J connectivity index is 2.31.